The van der Waals surface area contributed by atoms with Gasteiger partial charge in [0.1, 0.15) is 6.07 Å². The number of aliphatic carboxylic acids is 2. The molecule has 0 spiro atoms. The van der Waals surface area contributed by atoms with Crippen LogP contribution in [0.25, 0.3) is 0 Å². The average molecular weight is 445 g/mol. The smallest absolute Gasteiger partial charge is 0.328 e. The standard InChI is InChI=1S/C17H19N3O2S.C4H4O4/c1-22-17-8-16(13(9-18)10-20-17)23-15(7-14(19)11-21)12-5-3-2-4-6-12;5-3(6)1-2-4(7)8/h2-6,8,10,14-15,21H,7,11,19H2,1H3;1-2H,(H,5,6)(H,7,8)/t14-,15-;/m0./s1. The van der Waals surface area contributed by atoms with Crippen LogP contribution in [0, 0.1) is 11.3 Å². The molecule has 9 nitrogen and oxygen atoms in total. The lowest BCUT2D eigenvalue weighted by Gasteiger charge is -2.20. The number of thioether (sulfide) groups is 1. The summed E-state index contributed by atoms with van der Waals surface area (Å²) in [6.07, 6.45) is 3.22. The van der Waals surface area contributed by atoms with E-state index in [4.69, 9.17) is 20.7 Å². The summed E-state index contributed by atoms with van der Waals surface area (Å²) in [4.78, 5) is 24.0. The largest absolute Gasteiger partial charge is 0.481 e. The van der Waals surface area contributed by atoms with Gasteiger partial charge in [0.15, 0.2) is 0 Å². The van der Waals surface area contributed by atoms with Crippen molar-refractivity contribution in [3.8, 4) is 11.9 Å². The highest BCUT2D eigenvalue weighted by Crippen LogP contribution is 2.40. The maximum Gasteiger partial charge on any atom is 0.328 e. The minimum Gasteiger partial charge on any atom is -0.481 e. The highest BCUT2D eigenvalue weighted by Gasteiger charge is 2.19. The van der Waals surface area contributed by atoms with Gasteiger partial charge >= 0.3 is 11.9 Å². The summed E-state index contributed by atoms with van der Waals surface area (Å²) in [6, 6.07) is 13.5. The number of hydrogen-bond donors (Lipinski definition) is 4. The van der Waals surface area contributed by atoms with E-state index in [-0.39, 0.29) is 17.9 Å². The van der Waals surface area contributed by atoms with E-state index in [2.05, 4.69) is 11.1 Å². The third-order valence-electron chi connectivity index (χ3n) is 3.73. The fourth-order valence-corrected chi connectivity index (χ4v) is 3.61. The fourth-order valence-electron chi connectivity index (χ4n) is 2.28. The number of carboxylic acid groups (broad SMARTS) is 2. The minimum absolute atomic E-state index is 0.0255. The first kappa shape index (κ1) is 25.6. The van der Waals surface area contributed by atoms with Crippen LogP contribution in [0.5, 0.6) is 5.88 Å². The van der Waals surface area contributed by atoms with E-state index < -0.39 is 11.9 Å². The van der Waals surface area contributed by atoms with Gasteiger partial charge in [0.05, 0.1) is 19.3 Å². The second-order valence-electron chi connectivity index (χ2n) is 6.04. The van der Waals surface area contributed by atoms with E-state index in [0.717, 1.165) is 10.5 Å². The van der Waals surface area contributed by atoms with Crippen LogP contribution >= 0.6 is 11.8 Å². The third kappa shape index (κ3) is 9.77. The Morgan fingerprint density at radius 2 is 1.87 bits per heavy atom. The molecule has 2 atom stereocenters. The van der Waals surface area contributed by atoms with E-state index in [0.29, 0.717) is 30.0 Å². The van der Waals surface area contributed by atoms with Crippen LogP contribution in [0.2, 0.25) is 0 Å². The van der Waals surface area contributed by atoms with E-state index in [1.807, 2.05) is 30.3 Å². The minimum atomic E-state index is -1.26. The van der Waals surface area contributed by atoms with Gasteiger partial charge < -0.3 is 25.8 Å². The second kappa shape index (κ2) is 13.8. The molecule has 0 unspecified atom stereocenters. The zero-order chi connectivity index (χ0) is 23.2. The van der Waals surface area contributed by atoms with Crippen molar-refractivity contribution in [3.63, 3.8) is 0 Å². The second-order valence-corrected chi connectivity index (χ2v) is 7.28. The Balaban J connectivity index is 0.000000512. The fraction of sp³-hybridized carbons (Fsp3) is 0.238. The SMILES string of the molecule is COc1cc(S[C@@H](C[C@H](N)CO)c2ccccc2)c(C#N)cn1.O=C(O)C=CC(=O)O. The van der Waals surface area contributed by atoms with Gasteiger partial charge in [-0.3, -0.25) is 0 Å². The number of nitrogens with two attached hydrogens (primary N) is 1. The summed E-state index contributed by atoms with van der Waals surface area (Å²) < 4.78 is 5.15. The summed E-state index contributed by atoms with van der Waals surface area (Å²) in [7, 11) is 1.54. The number of pyridine rings is 1. The van der Waals surface area contributed by atoms with Crippen molar-refractivity contribution in [1.82, 2.24) is 4.98 Å². The number of aliphatic hydroxyl groups excluding tert-OH is 1. The Hall–Kier alpha value is -3.39. The molecule has 2 rings (SSSR count). The molecule has 5 N–H and O–H groups in total. The maximum atomic E-state index is 9.55. The van der Waals surface area contributed by atoms with Gasteiger partial charge in [0.25, 0.3) is 0 Å². The molecular weight excluding hydrogens is 422 g/mol. The predicted molar refractivity (Wildman–Crippen MR) is 115 cm³/mol. The Kier molecular flexibility index (Phi) is 11.4. The number of methoxy groups -OCH3 is 1. The average Bonchev–Trinajstić information content (AvgIpc) is 2.78. The lowest BCUT2D eigenvalue weighted by atomic mass is 10.1. The predicted octanol–water partition coefficient (Wildman–Crippen LogP) is 2.22. The van der Waals surface area contributed by atoms with Crippen LogP contribution in [-0.4, -0.2) is 52.0 Å². The van der Waals surface area contributed by atoms with Crippen LogP contribution in [-0.2, 0) is 9.59 Å². The molecule has 164 valence electrons. The number of aliphatic hydroxyl groups is 1. The van der Waals surface area contributed by atoms with Gasteiger partial charge in [-0.2, -0.15) is 5.26 Å². The van der Waals surface area contributed by atoms with E-state index >= 15 is 0 Å². The van der Waals surface area contributed by atoms with Crippen molar-refractivity contribution in [3.05, 3.63) is 65.9 Å². The molecular formula is C21H23N3O6S. The highest BCUT2D eigenvalue weighted by atomic mass is 32.2. The quantitative estimate of drug-likeness (QED) is 0.332. The molecule has 10 heteroatoms. The van der Waals surface area contributed by atoms with Crippen molar-refractivity contribution in [2.75, 3.05) is 13.7 Å². The number of rotatable bonds is 9. The van der Waals surface area contributed by atoms with Gasteiger partial charge in [0, 0.05) is 40.6 Å². The van der Waals surface area contributed by atoms with Crippen molar-refractivity contribution in [2.24, 2.45) is 5.73 Å². The molecule has 1 aromatic heterocycles. The molecule has 1 aromatic carbocycles. The van der Waals surface area contributed by atoms with Crippen molar-refractivity contribution < 1.29 is 29.6 Å². The van der Waals surface area contributed by atoms with Gasteiger partial charge in [-0.05, 0) is 12.0 Å². The number of aromatic nitrogens is 1. The Morgan fingerprint density at radius 1 is 1.26 bits per heavy atom. The number of nitriles is 1. The van der Waals surface area contributed by atoms with Crippen LogP contribution in [0.4, 0.5) is 0 Å². The van der Waals surface area contributed by atoms with Crippen LogP contribution in [0.1, 0.15) is 22.8 Å². The Labute approximate surface area is 183 Å². The molecule has 0 amide bonds. The van der Waals surface area contributed by atoms with Gasteiger partial charge in [-0.25, -0.2) is 14.6 Å². The third-order valence-corrected chi connectivity index (χ3v) is 5.07. The number of nitrogens with zero attached hydrogens (tertiary/aromatic N) is 2. The van der Waals surface area contributed by atoms with E-state index in [9.17, 15) is 20.0 Å². The van der Waals surface area contributed by atoms with E-state index in [1.165, 1.54) is 18.0 Å². The molecule has 0 aliphatic carbocycles. The molecule has 0 aliphatic rings. The molecule has 0 aliphatic heterocycles. The molecule has 0 bridgehead atoms. The molecule has 2 aromatic rings. The summed E-state index contributed by atoms with van der Waals surface area (Å²) in [5, 5.41) is 34.2. The topological polar surface area (TPSA) is 167 Å². The van der Waals surface area contributed by atoms with Crippen LogP contribution in [0.3, 0.4) is 0 Å². The number of ether oxygens (including phenoxy) is 1. The zero-order valence-corrected chi connectivity index (χ0v) is 17.5. The first-order chi connectivity index (χ1) is 14.8. The van der Waals surface area contributed by atoms with Crippen LogP contribution < -0.4 is 10.5 Å². The van der Waals surface area contributed by atoms with Crippen molar-refractivity contribution in [1.29, 1.82) is 5.26 Å². The molecule has 31 heavy (non-hydrogen) atoms. The summed E-state index contributed by atoms with van der Waals surface area (Å²) >= 11 is 1.53. The van der Waals surface area contributed by atoms with Gasteiger partial charge in [0.2, 0.25) is 5.88 Å². The first-order valence-electron chi connectivity index (χ1n) is 8.96. The van der Waals surface area contributed by atoms with Crippen LogP contribution in [0.15, 0.2) is 59.6 Å². The number of hydrogen-bond acceptors (Lipinski definition) is 8. The van der Waals surface area contributed by atoms with Gasteiger partial charge in [-0.1, -0.05) is 30.3 Å². The number of carbonyl (C=O) groups is 2. The highest BCUT2D eigenvalue weighted by molar-refractivity contribution is 7.99. The number of benzene rings is 1. The Morgan fingerprint density at radius 3 is 2.35 bits per heavy atom. The maximum absolute atomic E-state index is 9.55. The molecule has 0 fully saturated rings. The lowest BCUT2D eigenvalue weighted by molar-refractivity contribution is -0.134. The van der Waals surface area contributed by atoms with Crippen molar-refractivity contribution >= 4 is 23.7 Å². The summed E-state index contributed by atoms with van der Waals surface area (Å²) in [5.41, 5.74) is 7.52. The molecule has 0 saturated heterocycles. The van der Waals surface area contributed by atoms with Crippen molar-refractivity contribution in [2.45, 2.75) is 22.6 Å². The normalized spacial score (nSPS) is 12.2. The van der Waals surface area contributed by atoms with E-state index in [1.54, 1.807) is 13.2 Å². The zero-order valence-electron chi connectivity index (χ0n) is 16.7. The molecule has 1 heterocycles. The monoisotopic (exact) mass is 445 g/mol. The Bertz CT molecular complexity index is 914. The summed E-state index contributed by atoms with van der Waals surface area (Å²) in [5.74, 6) is -2.05. The lowest BCUT2D eigenvalue weighted by Crippen LogP contribution is -2.26. The first-order valence-corrected chi connectivity index (χ1v) is 9.84. The summed E-state index contributed by atoms with van der Waals surface area (Å²) in [6.45, 7) is -0.0747. The molecule has 0 saturated carbocycles. The van der Waals surface area contributed by atoms with Gasteiger partial charge in [-0.15, -0.1) is 11.8 Å². The molecule has 0 radical (unpaired) electrons. The number of carboxylic acids is 2.